The first kappa shape index (κ1) is 9.21. The zero-order valence-corrected chi connectivity index (χ0v) is 9.12. The van der Waals surface area contributed by atoms with E-state index in [0.29, 0.717) is 0 Å². The van der Waals surface area contributed by atoms with Crippen LogP contribution in [0.2, 0.25) is 5.02 Å². The second-order valence-corrected chi connectivity index (χ2v) is 4.80. The third-order valence-electron chi connectivity index (χ3n) is 1.83. The highest BCUT2D eigenvalue weighted by atomic mass is 35.5. The van der Waals surface area contributed by atoms with Gasteiger partial charge in [-0.2, -0.15) is 11.3 Å². The van der Waals surface area contributed by atoms with E-state index in [1.54, 1.807) is 22.7 Å². The molecule has 68 valence electrons. The molecular weight excluding hydrogens is 222 g/mol. The first-order valence-corrected chi connectivity index (χ1v) is 5.99. The monoisotopic (exact) mass is 229 g/mol. The van der Waals surface area contributed by atoms with Crippen molar-refractivity contribution in [1.82, 2.24) is 0 Å². The maximum atomic E-state index is 6.04. The molecule has 1 nitrogen and oxygen atoms in total. The fourth-order valence-corrected chi connectivity index (χ4v) is 3.03. The standard InChI is InChI=1S/C9H8ClNS2/c10-7-2-4-13-9(7)8(11)6-1-3-12-5-6/h1-5,8H,11H2. The van der Waals surface area contributed by atoms with Gasteiger partial charge >= 0.3 is 0 Å². The van der Waals surface area contributed by atoms with Crippen LogP contribution in [0.25, 0.3) is 0 Å². The van der Waals surface area contributed by atoms with Crippen LogP contribution in [0, 0.1) is 0 Å². The van der Waals surface area contributed by atoms with Crippen LogP contribution in [-0.2, 0) is 0 Å². The molecule has 2 aromatic rings. The predicted molar refractivity (Wildman–Crippen MR) is 59.7 cm³/mol. The fraction of sp³-hybridized carbons (Fsp3) is 0.111. The molecule has 4 heteroatoms. The highest BCUT2D eigenvalue weighted by Gasteiger charge is 2.13. The molecule has 2 aromatic heterocycles. The van der Waals surface area contributed by atoms with E-state index in [9.17, 15) is 0 Å². The predicted octanol–water partition coefficient (Wildman–Crippen LogP) is 3.51. The molecule has 0 bridgehead atoms. The Hall–Kier alpha value is -0.350. The summed E-state index contributed by atoms with van der Waals surface area (Å²) in [5.41, 5.74) is 7.17. The minimum Gasteiger partial charge on any atom is -0.320 e. The molecule has 1 atom stereocenters. The van der Waals surface area contributed by atoms with Gasteiger partial charge in [0.05, 0.1) is 11.1 Å². The Labute approximate surface area is 89.8 Å². The molecule has 2 N–H and O–H groups in total. The third kappa shape index (κ3) is 1.79. The molecule has 0 radical (unpaired) electrons. The van der Waals surface area contributed by atoms with Crippen LogP contribution in [0.5, 0.6) is 0 Å². The van der Waals surface area contributed by atoms with Crippen molar-refractivity contribution >= 4 is 34.3 Å². The Morgan fingerprint density at radius 2 is 2.15 bits per heavy atom. The molecule has 0 saturated heterocycles. The second kappa shape index (κ2) is 3.80. The van der Waals surface area contributed by atoms with Gasteiger partial charge in [-0.3, -0.25) is 0 Å². The van der Waals surface area contributed by atoms with Crippen LogP contribution in [0.3, 0.4) is 0 Å². The molecule has 1 unspecified atom stereocenters. The lowest BCUT2D eigenvalue weighted by atomic mass is 10.1. The van der Waals surface area contributed by atoms with Crippen molar-refractivity contribution < 1.29 is 0 Å². The molecule has 0 amide bonds. The van der Waals surface area contributed by atoms with Gasteiger partial charge in [0.25, 0.3) is 0 Å². The lowest BCUT2D eigenvalue weighted by molar-refractivity contribution is 0.900. The number of rotatable bonds is 2. The van der Waals surface area contributed by atoms with Crippen molar-refractivity contribution in [3.05, 3.63) is 43.7 Å². The third-order valence-corrected chi connectivity index (χ3v) is 3.97. The summed E-state index contributed by atoms with van der Waals surface area (Å²) in [7, 11) is 0. The largest absolute Gasteiger partial charge is 0.320 e. The van der Waals surface area contributed by atoms with Gasteiger partial charge in [0, 0.05) is 4.88 Å². The molecule has 0 fully saturated rings. The first-order valence-electron chi connectivity index (χ1n) is 3.79. The van der Waals surface area contributed by atoms with E-state index in [0.717, 1.165) is 15.5 Å². The number of thiophene rings is 2. The summed E-state index contributed by atoms with van der Waals surface area (Å²) in [5.74, 6) is 0. The molecule has 0 aliphatic carbocycles. The number of nitrogens with two attached hydrogens (primary N) is 1. The van der Waals surface area contributed by atoms with Crippen molar-refractivity contribution in [3.8, 4) is 0 Å². The van der Waals surface area contributed by atoms with Crippen LogP contribution in [0.15, 0.2) is 28.3 Å². The van der Waals surface area contributed by atoms with E-state index in [1.165, 1.54) is 0 Å². The van der Waals surface area contributed by atoms with Crippen molar-refractivity contribution in [2.75, 3.05) is 0 Å². The Bertz CT molecular complexity index is 380. The molecular formula is C9H8ClNS2. The number of hydrogen-bond donors (Lipinski definition) is 1. The highest BCUT2D eigenvalue weighted by molar-refractivity contribution is 7.10. The molecule has 0 saturated carbocycles. The van der Waals surface area contributed by atoms with Crippen molar-refractivity contribution in [3.63, 3.8) is 0 Å². The van der Waals surface area contributed by atoms with Crippen LogP contribution >= 0.6 is 34.3 Å². The first-order chi connectivity index (χ1) is 6.29. The average molecular weight is 230 g/mol. The van der Waals surface area contributed by atoms with E-state index < -0.39 is 0 Å². The summed E-state index contributed by atoms with van der Waals surface area (Å²) in [6.45, 7) is 0. The summed E-state index contributed by atoms with van der Waals surface area (Å²) < 4.78 is 0. The maximum absolute atomic E-state index is 6.04. The van der Waals surface area contributed by atoms with Crippen LogP contribution in [-0.4, -0.2) is 0 Å². The Kier molecular flexibility index (Phi) is 2.69. The molecule has 13 heavy (non-hydrogen) atoms. The van der Waals surface area contributed by atoms with Crippen molar-refractivity contribution in [2.24, 2.45) is 5.73 Å². The minimum atomic E-state index is -0.0706. The molecule has 2 heterocycles. The second-order valence-electron chi connectivity index (χ2n) is 2.67. The van der Waals surface area contributed by atoms with Gasteiger partial charge in [-0.1, -0.05) is 11.6 Å². The van der Waals surface area contributed by atoms with Crippen LogP contribution < -0.4 is 5.73 Å². The fourth-order valence-electron chi connectivity index (χ4n) is 1.13. The smallest absolute Gasteiger partial charge is 0.0669 e. The highest BCUT2D eigenvalue weighted by Crippen LogP contribution is 2.31. The van der Waals surface area contributed by atoms with Gasteiger partial charge < -0.3 is 5.73 Å². The number of halogens is 1. The van der Waals surface area contributed by atoms with Gasteiger partial charge in [0.1, 0.15) is 0 Å². The summed E-state index contributed by atoms with van der Waals surface area (Å²) in [5, 5.41) is 6.81. The maximum Gasteiger partial charge on any atom is 0.0669 e. The number of hydrogen-bond acceptors (Lipinski definition) is 3. The summed E-state index contributed by atoms with van der Waals surface area (Å²) >= 11 is 9.24. The Morgan fingerprint density at radius 3 is 2.69 bits per heavy atom. The Morgan fingerprint density at radius 1 is 1.31 bits per heavy atom. The van der Waals surface area contributed by atoms with E-state index >= 15 is 0 Å². The minimum absolute atomic E-state index is 0.0706. The lowest BCUT2D eigenvalue weighted by Gasteiger charge is -2.07. The summed E-state index contributed by atoms with van der Waals surface area (Å²) in [4.78, 5) is 1.04. The van der Waals surface area contributed by atoms with Crippen molar-refractivity contribution in [1.29, 1.82) is 0 Å². The topological polar surface area (TPSA) is 26.0 Å². The van der Waals surface area contributed by atoms with Crippen LogP contribution in [0.4, 0.5) is 0 Å². The van der Waals surface area contributed by atoms with Gasteiger partial charge in [0.15, 0.2) is 0 Å². The SMILES string of the molecule is NC(c1ccsc1)c1sccc1Cl. The molecule has 0 aliphatic heterocycles. The van der Waals surface area contributed by atoms with E-state index in [1.807, 2.05) is 22.9 Å². The molecule has 2 rings (SSSR count). The zero-order valence-electron chi connectivity index (χ0n) is 6.74. The van der Waals surface area contributed by atoms with Gasteiger partial charge in [-0.15, -0.1) is 11.3 Å². The molecule has 0 aromatic carbocycles. The zero-order chi connectivity index (χ0) is 9.26. The van der Waals surface area contributed by atoms with Gasteiger partial charge in [-0.25, -0.2) is 0 Å². The van der Waals surface area contributed by atoms with Crippen LogP contribution in [0.1, 0.15) is 16.5 Å². The van der Waals surface area contributed by atoms with E-state index in [-0.39, 0.29) is 6.04 Å². The summed E-state index contributed by atoms with van der Waals surface area (Å²) in [6.07, 6.45) is 0. The quantitative estimate of drug-likeness (QED) is 0.838. The van der Waals surface area contributed by atoms with Gasteiger partial charge in [-0.05, 0) is 33.8 Å². The lowest BCUT2D eigenvalue weighted by Crippen LogP contribution is -2.09. The summed E-state index contributed by atoms with van der Waals surface area (Å²) in [6, 6.07) is 3.85. The normalized spacial score (nSPS) is 13.1. The Balaban J connectivity index is 2.33. The molecule has 0 spiro atoms. The molecule has 0 aliphatic rings. The van der Waals surface area contributed by atoms with E-state index in [2.05, 4.69) is 5.38 Å². The van der Waals surface area contributed by atoms with Crippen molar-refractivity contribution in [2.45, 2.75) is 6.04 Å². The van der Waals surface area contributed by atoms with E-state index in [4.69, 9.17) is 17.3 Å². The van der Waals surface area contributed by atoms with Gasteiger partial charge in [0.2, 0.25) is 0 Å². The average Bonchev–Trinajstić information content (AvgIpc) is 2.72.